The number of carbonyl (C=O) groups is 1. The van der Waals surface area contributed by atoms with Gasteiger partial charge in [0.05, 0.1) is 5.70 Å². The molecule has 20 heavy (non-hydrogen) atoms. The Bertz CT molecular complexity index is 681. The smallest absolute Gasteiger partial charge is 0.195 e. The Labute approximate surface area is 117 Å². The van der Waals surface area contributed by atoms with Crippen molar-refractivity contribution in [3.63, 3.8) is 0 Å². The second-order valence-corrected chi connectivity index (χ2v) is 4.32. The fourth-order valence-electron chi connectivity index (χ4n) is 1.75. The summed E-state index contributed by atoms with van der Waals surface area (Å²) in [5.74, 6) is -0.286. The molecule has 0 radical (unpaired) electrons. The lowest BCUT2D eigenvalue weighted by molar-refractivity contribution is 0.103. The van der Waals surface area contributed by atoms with E-state index in [0.717, 1.165) is 11.1 Å². The largest absolute Gasteiger partial charge is 0.289 e. The quantitative estimate of drug-likeness (QED) is 0.263. The van der Waals surface area contributed by atoms with Gasteiger partial charge in [0.1, 0.15) is 0 Å². The highest BCUT2D eigenvalue weighted by atomic mass is 16.1. The van der Waals surface area contributed by atoms with Gasteiger partial charge in [0.15, 0.2) is 5.78 Å². The van der Waals surface area contributed by atoms with Crippen LogP contribution in [0.5, 0.6) is 0 Å². The zero-order valence-electron chi connectivity index (χ0n) is 11.0. The topological polar surface area (TPSA) is 65.8 Å². The van der Waals surface area contributed by atoms with Crippen molar-refractivity contribution in [2.45, 2.75) is 6.92 Å². The van der Waals surface area contributed by atoms with Gasteiger partial charge in [-0.05, 0) is 24.1 Å². The van der Waals surface area contributed by atoms with Crippen molar-refractivity contribution < 1.29 is 4.79 Å². The second kappa shape index (κ2) is 6.36. The summed E-state index contributed by atoms with van der Waals surface area (Å²) in [4.78, 5) is 15.0. The molecule has 0 spiro atoms. The normalized spacial score (nSPS) is 10.8. The van der Waals surface area contributed by atoms with E-state index >= 15 is 0 Å². The number of hydrogen-bond acceptors (Lipinski definition) is 2. The van der Waals surface area contributed by atoms with Gasteiger partial charge in [-0.2, -0.15) is 0 Å². The number of Topliss-reactive ketones (excluding diaryl/α,β-unsaturated/α-hetero) is 1. The van der Waals surface area contributed by atoms with Crippen LogP contribution in [0.2, 0.25) is 0 Å². The number of azide groups is 1. The molecular weight excluding hydrogens is 250 g/mol. The highest BCUT2D eigenvalue weighted by Crippen LogP contribution is 2.15. The number of ketones is 1. The summed E-state index contributed by atoms with van der Waals surface area (Å²) in [7, 11) is 0. The first kappa shape index (κ1) is 13.6. The maximum Gasteiger partial charge on any atom is 0.195 e. The van der Waals surface area contributed by atoms with Gasteiger partial charge in [-0.25, -0.2) is 0 Å². The van der Waals surface area contributed by atoms with Gasteiger partial charge >= 0.3 is 0 Å². The molecule has 0 amide bonds. The van der Waals surface area contributed by atoms with Crippen LogP contribution in [0, 0.1) is 6.92 Å². The summed E-state index contributed by atoms with van der Waals surface area (Å²) in [6.07, 6.45) is 1.59. The predicted octanol–water partition coefficient (Wildman–Crippen LogP) is 4.53. The minimum Gasteiger partial charge on any atom is -0.289 e. The van der Waals surface area contributed by atoms with Gasteiger partial charge < -0.3 is 0 Å². The van der Waals surface area contributed by atoms with Crippen LogP contribution in [-0.2, 0) is 0 Å². The molecule has 4 heteroatoms. The summed E-state index contributed by atoms with van der Waals surface area (Å²) in [6.45, 7) is 1.95. The standard InChI is InChI=1S/C16H13N3O/c1-12-7-9-14(10-8-12)16(20)15(18-19-17)11-13-5-3-2-4-6-13/h2-11H,1H3. The summed E-state index contributed by atoms with van der Waals surface area (Å²) < 4.78 is 0. The predicted molar refractivity (Wildman–Crippen MR) is 79.1 cm³/mol. The Kier molecular flexibility index (Phi) is 4.32. The van der Waals surface area contributed by atoms with Crippen LogP contribution in [0.25, 0.3) is 16.5 Å². The molecule has 0 aromatic heterocycles. The molecule has 0 aliphatic rings. The molecule has 0 fully saturated rings. The van der Waals surface area contributed by atoms with E-state index in [2.05, 4.69) is 10.0 Å². The van der Waals surface area contributed by atoms with Crippen molar-refractivity contribution in [3.8, 4) is 0 Å². The van der Waals surface area contributed by atoms with Crippen molar-refractivity contribution in [1.82, 2.24) is 0 Å². The number of allylic oxidation sites excluding steroid dienone is 1. The Hall–Kier alpha value is -2.84. The van der Waals surface area contributed by atoms with Gasteiger partial charge in [0.25, 0.3) is 0 Å². The van der Waals surface area contributed by atoms with Crippen molar-refractivity contribution in [2.75, 3.05) is 0 Å². The van der Waals surface area contributed by atoms with Crippen LogP contribution in [0.15, 0.2) is 65.4 Å². The molecular formula is C16H13N3O. The second-order valence-electron chi connectivity index (χ2n) is 4.32. The average Bonchev–Trinajstić information content (AvgIpc) is 2.48. The van der Waals surface area contributed by atoms with Gasteiger partial charge in [-0.1, -0.05) is 65.3 Å². The molecule has 98 valence electrons. The van der Waals surface area contributed by atoms with Gasteiger partial charge in [0, 0.05) is 10.5 Å². The average molecular weight is 263 g/mol. The third kappa shape index (κ3) is 3.34. The van der Waals surface area contributed by atoms with E-state index in [1.54, 1.807) is 18.2 Å². The monoisotopic (exact) mass is 263 g/mol. The molecule has 2 aromatic rings. The molecule has 0 saturated carbocycles. The summed E-state index contributed by atoms with van der Waals surface area (Å²) in [5.41, 5.74) is 11.1. The number of benzene rings is 2. The fraction of sp³-hybridized carbons (Fsp3) is 0.0625. The maximum absolute atomic E-state index is 12.3. The van der Waals surface area contributed by atoms with Crippen LogP contribution in [0.4, 0.5) is 0 Å². The van der Waals surface area contributed by atoms with Crippen molar-refractivity contribution in [2.24, 2.45) is 5.11 Å². The number of rotatable bonds is 4. The third-order valence-electron chi connectivity index (χ3n) is 2.80. The van der Waals surface area contributed by atoms with Gasteiger partial charge in [-0.15, -0.1) is 0 Å². The van der Waals surface area contributed by atoms with Crippen LogP contribution < -0.4 is 0 Å². The number of carbonyl (C=O) groups excluding carboxylic acids is 1. The summed E-state index contributed by atoms with van der Waals surface area (Å²) in [5, 5.41) is 3.51. The van der Waals surface area contributed by atoms with E-state index in [9.17, 15) is 4.79 Å². The van der Waals surface area contributed by atoms with E-state index in [1.165, 1.54) is 0 Å². The molecule has 0 atom stereocenters. The minimum atomic E-state index is -0.286. The van der Waals surface area contributed by atoms with Gasteiger partial charge in [0.2, 0.25) is 0 Å². The van der Waals surface area contributed by atoms with Gasteiger partial charge in [-0.3, -0.25) is 4.79 Å². The Morgan fingerprint density at radius 1 is 1.10 bits per heavy atom. The minimum absolute atomic E-state index is 0.0857. The first-order valence-electron chi connectivity index (χ1n) is 6.14. The lowest BCUT2D eigenvalue weighted by Crippen LogP contribution is -2.01. The van der Waals surface area contributed by atoms with Crippen molar-refractivity contribution in [1.29, 1.82) is 0 Å². The molecule has 0 bridgehead atoms. The SMILES string of the molecule is Cc1ccc(C(=O)C(=Cc2ccccc2)N=[N+]=[N-])cc1. The number of hydrogen-bond donors (Lipinski definition) is 0. The molecule has 2 aromatic carbocycles. The molecule has 0 N–H and O–H groups in total. The Morgan fingerprint density at radius 3 is 2.35 bits per heavy atom. The molecule has 0 aliphatic carbocycles. The molecule has 4 nitrogen and oxygen atoms in total. The van der Waals surface area contributed by atoms with Crippen LogP contribution in [0.3, 0.4) is 0 Å². The Balaban J connectivity index is 2.38. The third-order valence-corrected chi connectivity index (χ3v) is 2.80. The molecule has 0 unspecified atom stereocenters. The Morgan fingerprint density at radius 2 is 1.75 bits per heavy atom. The van der Waals surface area contributed by atoms with E-state index in [1.807, 2.05) is 49.4 Å². The van der Waals surface area contributed by atoms with E-state index in [0.29, 0.717) is 5.56 Å². The fourth-order valence-corrected chi connectivity index (χ4v) is 1.75. The summed E-state index contributed by atoms with van der Waals surface area (Å²) in [6, 6.07) is 16.4. The van der Waals surface area contributed by atoms with E-state index in [4.69, 9.17) is 5.53 Å². The van der Waals surface area contributed by atoms with Crippen molar-refractivity contribution in [3.05, 3.63) is 87.4 Å². The van der Waals surface area contributed by atoms with Crippen molar-refractivity contribution >= 4 is 11.9 Å². The molecule has 0 saturated heterocycles. The van der Waals surface area contributed by atoms with E-state index in [-0.39, 0.29) is 11.5 Å². The highest BCUT2D eigenvalue weighted by Gasteiger charge is 2.10. The summed E-state index contributed by atoms with van der Waals surface area (Å²) >= 11 is 0. The first-order chi connectivity index (χ1) is 9.70. The molecule has 2 rings (SSSR count). The lowest BCUT2D eigenvalue weighted by atomic mass is 10.0. The molecule has 0 aliphatic heterocycles. The zero-order valence-corrected chi connectivity index (χ0v) is 11.0. The highest BCUT2D eigenvalue weighted by molar-refractivity contribution is 6.11. The number of aryl methyl sites for hydroxylation is 1. The lowest BCUT2D eigenvalue weighted by Gasteiger charge is -2.02. The van der Waals surface area contributed by atoms with Crippen LogP contribution >= 0.6 is 0 Å². The number of nitrogens with zero attached hydrogens (tertiary/aromatic N) is 3. The van der Waals surface area contributed by atoms with Crippen LogP contribution in [-0.4, -0.2) is 5.78 Å². The van der Waals surface area contributed by atoms with Crippen LogP contribution in [0.1, 0.15) is 21.5 Å². The molecule has 0 heterocycles. The maximum atomic E-state index is 12.3. The first-order valence-corrected chi connectivity index (χ1v) is 6.14. The zero-order chi connectivity index (χ0) is 14.4. The van der Waals surface area contributed by atoms with E-state index < -0.39 is 0 Å².